The highest BCUT2D eigenvalue weighted by Crippen LogP contribution is 2.28. The predicted octanol–water partition coefficient (Wildman–Crippen LogP) is 4.46. The van der Waals surface area contributed by atoms with E-state index >= 15 is 0 Å². The Morgan fingerprint density at radius 1 is 1.15 bits per heavy atom. The zero-order valence-corrected chi connectivity index (χ0v) is 20.6. The molecule has 2 unspecified atom stereocenters. The van der Waals surface area contributed by atoms with Crippen LogP contribution in [0.2, 0.25) is 10.2 Å². The summed E-state index contributed by atoms with van der Waals surface area (Å²) in [4.78, 5) is 32.9. The molecule has 1 amide bonds. The summed E-state index contributed by atoms with van der Waals surface area (Å²) in [5, 5.41) is 0.371. The van der Waals surface area contributed by atoms with E-state index in [1.54, 1.807) is 11.0 Å². The van der Waals surface area contributed by atoms with Crippen molar-refractivity contribution < 1.29 is 22.6 Å². The molecule has 0 saturated carbocycles. The Hall–Kier alpha value is -2.10. The maximum Gasteiger partial charge on any atom is 0.303 e. The molecule has 11 heteroatoms. The van der Waals surface area contributed by atoms with Crippen LogP contribution in [0.5, 0.6) is 0 Å². The summed E-state index contributed by atoms with van der Waals surface area (Å²) in [6, 6.07) is 9.32. The second-order valence-corrected chi connectivity index (χ2v) is 10.2. The van der Waals surface area contributed by atoms with Crippen LogP contribution in [-0.2, 0) is 15.6 Å². The third-order valence-corrected chi connectivity index (χ3v) is 7.70. The summed E-state index contributed by atoms with van der Waals surface area (Å²) in [5.74, 6) is -5.40. The number of piperazine rings is 1. The highest BCUT2D eigenvalue weighted by atomic mass is 35.5. The molecule has 33 heavy (non-hydrogen) atoms. The van der Waals surface area contributed by atoms with Crippen molar-refractivity contribution in [2.75, 3.05) is 23.7 Å². The normalized spacial score (nSPS) is 20.0. The fourth-order valence-corrected chi connectivity index (χ4v) is 5.36. The molecule has 1 aliphatic heterocycles. The molecule has 1 aromatic carbocycles. The zero-order valence-electron chi connectivity index (χ0n) is 18.2. The number of carbonyl (C=O) groups is 2. The van der Waals surface area contributed by atoms with Crippen LogP contribution in [0, 0.1) is 0 Å². The van der Waals surface area contributed by atoms with Crippen molar-refractivity contribution in [1.29, 1.82) is 0 Å². The van der Waals surface area contributed by atoms with Gasteiger partial charge in [0.25, 0.3) is 5.91 Å². The van der Waals surface area contributed by atoms with E-state index in [9.17, 15) is 22.6 Å². The van der Waals surface area contributed by atoms with E-state index in [-0.39, 0.29) is 33.5 Å². The lowest BCUT2D eigenvalue weighted by molar-refractivity contribution is -0.137. The molecular formula is C22H23Cl2F2N3O3S. The van der Waals surface area contributed by atoms with Crippen LogP contribution in [0.15, 0.2) is 41.3 Å². The van der Waals surface area contributed by atoms with Gasteiger partial charge in [-0.2, -0.15) is 8.78 Å². The van der Waals surface area contributed by atoms with Crippen LogP contribution in [-0.4, -0.2) is 62.6 Å². The molecule has 3 rings (SSSR count). The number of rotatable bonds is 6. The minimum Gasteiger partial charge on any atom is -0.350 e. The molecule has 6 nitrogen and oxygen atoms in total. The average Bonchev–Trinajstić information content (AvgIpc) is 2.74. The standard InChI is InChI=1S/C22H23Cl2F2N3O3S/c1-13-14(2)29(10-9-28(13)20-6-4-5-19(24)27-20)21(31)15-7-8-17(16(23)11-15)33(32)12-18(30)22(3,25)26/h4-8,11,13-14H,9-10,12H2,1-3H3/t13?,14-,33?/m0/s1. The number of hydrogen-bond donors (Lipinski definition) is 0. The summed E-state index contributed by atoms with van der Waals surface area (Å²) in [7, 11) is -2.05. The second-order valence-electron chi connectivity index (χ2n) is 7.94. The van der Waals surface area contributed by atoms with Gasteiger partial charge in [0.15, 0.2) is 0 Å². The predicted molar refractivity (Wildman–Crippen MR) is 125 cm³/mol. The van der Waals surface area contributed by atoms with Gasteiger partial charge in [0, 0.05) is 37.7 Å². The third kappa shape index (κ3) is 5.70. The smallest absolute Gasteiger partial charge is 0.303 e. The zero-order chi connectivity index (χ0) is 24.5. The number of amides is 1. The van der Waals surface area contributed by atoms with Crippen LogP contribution in [0.1, 0.15) is 31.1 Å². The maximum absolute atomic E-state index is 13.2. The Kier molecular flexibility index (Phi) is 7.76. The van der Waals surface area contributed by atoms with Gasteiger partial charge in [-0.3, -0.25) is 13.8 Å². The number of nitrogens with zero attached hydrogens (tertiary/aromatic N) is 3. The minimum atomic E-state index is -3.58. The monoisotopic (exact) mass is 517 g/mol. The van der Waals surface area contributed by atoms with E-state index in [4.69, 9.17) is 23.2 Å². The Labute approximate surface area is 203 Å². The van der Waals surface area contributed by atoms with Gasteiger partial charge in [0.1, 0.15) is 11.0 Å². The SMILES string of the molecule is CC1[C@H](C)N(C(=O)c2ccc(S(=O)CC(=O)C(C)(F)F)c(Cl)c2)CCN1c1cccc(Cl)n1. The summed E-state index contributed by atoms with van der Waals surface area (Å²) in [5.41, 5.74) is 0.279. The Bertz CT molecular complexity index is 1100. The van der Waals surface area contributed by atoms with Gasteiger partial charge in [0.2, 0.25) is 5.78 Å². The van der Waals surface area contributed by atoms with Crippen molar-refractivity contribution in [2.24, 2.45) is 0 Å². The Balaban J connectivity index is 1.74. The van der Waals surface area contributed by atoms with E-state index in [0.717, 1.165) is 5.82 Å². The molecule has 2 heterocycles. The molecule has 178 valence electrons. The van der Waals surface area contributed by atoms with Crippen molar-refractivity contribution in [1.82, 2.24) is 9.88 Å². The number of halogens is 4. The number of pyridine rings is 1. The number of hydrogen-bond acceptors (Lipinski definition) is 5. The number of aromatic nitrogens is 1. The molecule has 1 aromatic heterocycles. The first kappa shape index (κ1) is 25.5. The Morgan fingerprint density at radius 2 is 1.85 bits per heavy atom. The molecule has 0 N–H and O–H groups in total. The van der Waals surface area contributed by atoms with Crippen molar-refractivity contribution in [3.63, 3.8) is 0 Å². The van der Waals surface area contributed by atoms with Gasteiger partial charge in [-0.25, -0.2) is 4.98 Å². The van der Waals surface area contributed by atoms with E-state index in [2.05, 4.69) is 9.88 Å². The number of carbonyl (C=O) groups excluding carboxylic acids is 2. The summed E-state index contributed by atoms with van der Waals surface area (Å²) in [6.45, 7) is 5.37. The van der Waals surface area contributed by atoms with E-state index in [1.807, 2.05) is 26.0 Å². The van der Waals surface area contributed by atoms with Gasteiger partial charge in [0.05, 0.1) is 26.5 Å². The lowest BCUT2D eigenvalue weighted by Crippen LogP contribution is -2.59. The van der Waals surface area contributed by atoms with Crippen molar-refractivity contribution in [2.45, 2.75) is 43.7 Å². The number of ketones is 1. The maximum atomic E-state index is 13.2. The first-order chi connectivity index (χ1) is 15.4. The van der Waals surface area contributed by atoms with E-state index in [0.29, 0.717) is 25.2 Å². The fraction of sp³-hybridized carbons (Fsp3) is 0.409. The van der Waals surface area contributed by atoms with Crippen molar-refractivity contribution in [3.05, 3.63) is 52.1 Å². The molecule has 1 saturated heterocycles. The summed E-state index contributed by atoms with van der Waals surface area (Å²) in [6.07, 6.45) is 0. The lowest BCUT2D eigenvalue weighted by Gasteiger charge is -2.45. The molecule has 0 aliphatic carbocycles. The van der Waals surface area contributed by atoms with Gasteiger partial charge >= 0.3 is 5.92 Å². The van der Waals surface area contributed by atoms with Crippen LogP contribution in [0.25, 0.3) is 0 Å². The molecule has 1 aliphatic rings. The largest absolute Gasteiger partial charge is 0.350 e. The van der Waals surface area contributed by atoms with Crippen molar-refractivity contribution >= 4 is 51.5 Å². The van der Waals surface area contributed by atoms with Crippen molar-refractivity contribution in [3.8, 4) is 0 Å². The first-order valence-electron chi connectivity index (χ1n) is 10.2. The minimum absolute atomic E-state index is 0.0196. The number of alkyl halides is 2. The summed E-state index contributed by atoms with van der Waals surface area (Å²) < 4.78 is 38.6. The first-order valence-corrected chi connectivity index (χ1v) is 12.3. The summed E-state index contributed by atoms with van der Waals surface area (Å²) >= 11 is 12.2. The van der Waals surface area contributed by atoms with Crippen LogP contribution >= 0.6 is 23.2 Å². The quantitative estimate of drug-likeness (QED) is 0.529. The molecular weight excluding hydrogens is 495 g/mol. The molecule has 0 radical (unpaired) electrons. The van der Waals surface area contributed by atoms with Gasteiger partial charge in [-0.15, -0.1) is 0 Å². The molecule has 1 fully saturated rings. The molecule has 3 atom stereocenters. The van der Waals surface area contributed by atoms with E-state index in [1.165, 1.54) is 18.2 Å². The van der Waals surface area contributed by atoms with Gasteiger partial charge in [-0.1, -0.05) is 29.3 Å². The third-order valence-electron chi connectivity index (χ3n) is 5.69. The number of Topliss-reactive ketones (excluding diaryl/α,β-unsaturated/α-hetero) is 1. The van der Waals surface area contributed by atoms with Crippen LogP contribution < -0.4 is 4.90 Å². The highest BCUT2D eigenvalue weighted by molar-refractivity contribution is 7.86. The second kappa shape index (κ2) is 10.0. The fourth-order valence-electron chi connectivity index (χ4n) is 3.62. The van der Waals surface area contributed by atoms with Gasteiger partial charge < -0.3 is 9.80 Å². The Morgan fingerprint density at radius 3 is 2.45 bits per heavy atom. The van der Waals surface area contributed by atoms with Crippen LogP contribution in [0.4, 0.5) is 14.6 Å². The topological polar surface area (TPSA) is 70.6 Å². The molecule has 0 bridgehead atoms. The molecule has 0 spiro atoms. The van der Waals surface area contributed by atoms with Crippen LogP contribution in [0.3, 0.4) is 0 Å². The van der Waals surface area contributed by atoms with E-state index < -0.39 is 28.3 Å². The average molecular weight is 518 g/mol. The highest BCUT2D eigenvalue weighted by Gasteiger charge is 2.35. The molecule has 2 aromatic rings. The number of anilines is 1. The lowest BCUT2D eigenvalue weighted by atomic mass is 10.0. The van der Waals surface area contributed by atoms with Gasteiger partial charge in [-0.05, 0) is 44.2 Å². The number of benzene rings is 1.